The van der Waals surface area contributed by atoms with E-state index in [9.17, 15) is 0 Å². The van der Waals surface area contributed by atoms with Crippen molar-refractivity contribution < 1.29 is 4.74 Å². The Kier molecular flexibility index (Phi) is 6.51. The van der Waals surface area contributed by atoms with Gasteiger partial charge in [-0.3, -0.25) is 0 Å². The third-order valence-electron chi connectivity index (χ3n) is 3.25. The van der Waals surface area contributed by atoms with Crippen LogP contribution < -0.4 is 4.74 Å². The Morgan fingerprint density at radius 3 is 2.44 bits per heavy atom. The summed E-state index contributed by atoms with van der Waals surface area (Å²) in [6.45, 7) is 9.44. The van der Waals surface area contributed by atoms with E-state index < -0.39 is 0 Å². The number of alkyl halides is 1. The van der Waals surface area contributed by atoms with Gasteiger partial charge in [-0.2, -0.15) is 0 Å². The zero-order chi connectivity index (χ0) is 13.7. The van der Waals surface area contributed by atoms with Gasteiger partial charge in [-0.05, 0) is 51.9 Å². The van der Waals surface area contributed by atoms with E-state index in [0.717, 1.165) is 28.8 Å². The van der Waals surface area contributed by atoms with Crippen LogP contribution in [0.2, 0.25) is 0 Å². The third kappa shape index (κ3) is 4.17. The van der Waals surface area contributed by atoms with Crippen molar-refractivity contribution in [1.82, 2.24) is 0 Å². The second-order valence-corrected chi connectivity index (χ2v) is 6.37. The fourth-order valence-corrected chi connectivity index (χ4v) is 2.60. The second kappa shape index (κ2) is 7.40. The van der Waals surface area contributed by atoms with Crippen LogP contribution in [0.1, 0.15) is 45.1 Å². The molecule has 1 aromatic rings. The van der Waals surface area contributed by atoms with Crippen molar-refractivity contribution in [2.75, 3.05) is 6.61 Å². The number of benzene rings is 1. The Balaban J connectivity index is 2.83. The predicted octanol–water partition coefficient (Wildman–Crippen LogP) is 5.81. The van der Waals surface area contributed by atoms with E-state index in [4.69, 9.17) is 16.3 Å². The molecule has 0 aliphatic heterocycles. The summed E-state index contributed by atoms with van der Waals surface area (Å²) in [5.41, 5.74) is 1.15. The lowest BCUT2D eigenvalue weighted by Gasteiger charge is -2.22. The SMILES string of the molecule is CCCOc1ccc(C(Cl)C(C)C(C)C)cc1Br. The highest BCUT2D eigenvalue weighted by Crippen LogP contribution is 2.36. The van der Waals surface area contributed by atoms with Crippen LogP contribution >= 0.6 is 27.5 Å². The molecule has 0 spiro atoms. The number of ether oxygens (including phenoxy) is 1. The van der Waals surface area contributed by atoms with Gasteiger partial charge >= 0.3 is 0 Å². The van der Waals surface area contributed by atoms with E-state index in [1.807, 2.05) is 6.07 Å². The molecule has 102 valence electrons. The van der Waals surface area contributed by atoms with Crippen LogP contribution in [-0.4, -0.2) is 6.61 Å². The average Bonchev–Trinajstić information content (AvgIpc) is 2.35. The maximum Gasteiger partial charge on any atom is 0.133 e. The average molecular weight is 334 g/mol. The van der Waals surface area contributed by atoms with Gasteiger partial charge in [0.2, 0.25) is 0 Å². The van der Waals surface area contributed by atoms with Crippen molar-refractivity contribution in [2.45, 2.75) is 39.5 Å². The van der Waals surface area contributed by atoms with Crippen LogP contribution in [0, 0.1) is 11.8 Å². The van der Waals surface area contributed by atoms with Crippen LogP contribution in [0.5, 0.6) is 5.75 Å². The first-order valence-corrected chi connectivity index (χ1v) is 7.76. The van der Waals surface area contributed by atoms with E-state index in [1.54, 1.807) is 0 Å². The molecule has 1 nitrogen and oxygen atoms in total. The van der Waals surface area contributed by atoms with E-state index in [2.05, 4.69) is 55.8 Å². The minimum Gasteiger partial charge on any atom is -0.492 e. The monoisotopic (exact) mass is 332 g/mol. The van der Waals surface area contributed by atoms with Gasteiger partial charge in [0.25, 0.3) is 0 Å². The Bertz CT molecular complexity index is 379. The maximum atomic E-state index is 6.52. The summed E-state index contributed by atoms with van der Waals surface area (Å²) in [4.78, 5) is 0. The lowest BCUT2D eigenvalue weighted by atomic mass is 9.90. The van der Waals surface area contributed by atoms with Crippen molar-refractivity contribution in [3.05, 3.63) is 28.2 Å². The molecular formula is C15H22BrClO. The van der Waals surface area contributed by atoms with Crippen molar-refractivity contribution >= 4 is 27.5 Å². The zero-order valence-electron chi connectivity index (χ0n) is 11.5. The molecule has 18 heavy (non-hydrogen) atoms. The van der Waals surface area contributed by atoms with Crippen molar-refractivity contribution in [3.63, 3.8) is 0 Å². The first kappa shape index (κ1) is 15.8. The van der Waals surface area contributed by atoms with Gasteiger partial charge in [0, 0.05) is 0 Å². The summed E-state index contributed by atoms with van der Waals surface area (Å²) in [5, 5.41) is 0.0431. The van der Waals surface area contributed by atoms with E-state index >= 15 is 0 Å². The molecule has 0 aromatic heterocycles. The van der Waals surface area contributed by atoms with Crippen molar-refractivity contribution in [1.29, 1.82) is 0 Å². The normalized spacial score (nSPS) is 14.6. The summed E-state index contributed by atoms with van der Waals surface area (Å²) < 4.78 is 6.62. The lowest BCUT2D eigenvalue weighted by Crippen LogP contribution is -2.10. The topological polar surface area (TPSA) is 9.23 Å². The van der Waals surface area contributed by atoms with Crippen LogP contribution in [0.3, 0.4) is 0 Å². The van der Waals surface area contributed by atoms with Gasteiger partial charge in [0.1, 0.15) is 5.75 Å². The summed E-state index contributed by atoms with van der Waals surface area (Å²) in [6, 6.07) is 6.13. The number of hydrogen-bond donors (Lipinski definition) is 0. The summed E-state index contributed by atoms with van der Waals surface area (Å²) >= 11 is 10.1. The van der Waals surface area contributed by atoms with Crippen LogP contribution in [0.25, 0.3) is 0 Å². The Morgan fingerprint density at radius 2 is 1.94 bits per heavy atom. The molecule has 0 amide bonds. The van der Waals surface area contributed by atoms with Crippen molar-refractivity contribution in [3.8, 4) is 5.75 Å². The fraction of sp³-hybridized carbons (Fsp3) is 0.600. The van der Waals surface area contributed by atoms with Crippen LogP contribution in [0.15, 0.2) is 22.7 Å². The molecule has 0 saturated carbocycles. The highest BCUT2D eigenvalue weighted by Gasteiger charge is 2.20. The first-order valence-electron chi connectivity index (χ1n) is 6.53. The quantitative estimate of drug-likeness (QED) is 0.597. The predicted molar refractivity (Wildman–Crippen MR) is 82.5 cm³/mol. The largest absolute Gasteiger partial charge is 0.492 e. The first-order chi connectivity index (χ1) is 8.47. The molecule has 0 aliphatic carbocycles. The number of hydrogen-bond acceptors (Lipinski definition) is 1. The van der Waals surface area contributed by atoms with Gasteiger partial charge in [-0.15, -0.1) is 11.6 Å². The molecule has 0 bridgehead atoms. The molecule has 3 heteroatoms. The minimum atomic E-state index is 0.0431. The van der Waals surface area contributed by atoms with Gasteiger partial charge in [-0.1, -0.05) is 33.8 Å². The minimum absolute atomic E-state index is 0.0431. The van der Waals surface area contributed by atoms with E-state index in [-0.39, 0.29) is 5.38 Å². The van der Waals surface area contributed by atoms with Crippen LogP contribution in [-0.2, 0) is 0 Å². The maximum absolute atomic E-state index is 6.52. The Morgan fingerprint density at radius 1 is 1.28 bits per heavy atom. The van der Waals surface area contributed by atoms with Gasteiger partial charge in [-0.25, -0.2) is 0 Å². The van der Waals surface area contributed by atoms with E-state index in [1.165, 1.54) is 0 Å². The molecule has 0 aliphatic rings. The number of rotatable bonds is 6. The fourth-order valence-electron chi connectivity index (χ4n) is 1.66. The highest BCUT2D eigenvalue weighted by molar-refractivity contribution is 9.10. The summed E-state index contributed by atoms with van der Waals surface area (Å²) in [6.07, 6.45) is 1.01. The smallest absolute Gasteiger partial charge is 0.133 e. The number of halogens is 2. The second-order valence-electron chi connectivity index (χ2n) is 5.04. The molecule has 0 heterocycles. The highest BCUT2D eigenvalue weighted by atomic mass is 79.9. The molecule has 0 radical (unpaired) electrons. The van der Waals surface area contributed by atoms with Crippen molar-refractivity contribution in [2.24, 2.45) is 11.8 Å². The van der Waals surface area contributed by atoms with Crippen LogP contribution in [0.4, 0.5) is 0 Å². The standard InChI is InChI=1S/C15H22BrClO/c1-5-8-18-14-7-6-12(9-13(14)16)15(17)11(4)10(2)3/h6-7,9-11,15H,5,8H2,1-4H3. The molecular weight excluding hydrogens is 312 g/mol. The molecule has 1 rings (SSSR count). The molecule has 2 atom stereocenters. The van der Waals surface area contributed by atoms with Gasteiger partial charge in [0.15, 0.2) is 0 Å². The third-order valence-corrected chi connectivity index (χ3v) is 4.52. The summed E-state index contributed by atoms with van der Waals surface area (Å²) in [7, 11) is 0. The van der Waals surface area contributed by atoms with Gasteiger partial charge < -0.3 is 4.74 Å². The Hall–Kier alpha value is -0.210. The molecule has 0 saturated heterocycles. The molecule has 2 unspecified atom stereocenters. The molecule has 0 N–H and O–H groups in total. The Labute approximate surface area is 124 Å². The lowest BCUT2D eigenvalue weighted by molar-refractivity contribution is 0.315. The van der Waals surface area contributed by atoms with E-state index in [0.29, 0.717) is 11.8 Å². The molecule has 1 aromatic carbocycles. The summed E-state index contributed by atoms with van der Waals surface area (Å²) in [5.74, 6) is 1.91. The zero-order valence-corrected chi connectivity index (χ0v) is 13.9. The molecule has 0 fully saturated rings. The van der Waals surface area contributed by atoms with Gasteiger partial charge in [0.05, 0.1) is 16.5 Å².